The van der Waals surface area contributed by atoms with Crippen LogP contribution in [0.25, 0.3) is 5.65 Å². The molecule has 0 spiro atoms. The number of anilines is 1. The number of aryl methyl sites for hydroxylation is 1. The predicted octanol–water partition coefficient (Wildman–Crippen LogP) is 1.03. The molecule has 0 unspecified atom stereocenters. The second-order valence-corrected chi connectivity index (χ2v) is 7.32. The number of fused-ring (bicyclic) bond motifs is 1. The van der Waals surface area contributed by atoms with Gasteiger partial charge in [0.15, 0.2) is 5.65 Å². The van der Waals surface area contributed by atoms with Crippen molar-refractivity contribution in [1.82, 2.24) is 14.6 Å². The van der Waals surface area contributed by atoms with E-state index in [-0.39, 0.29) is 17.5 Å². The van der Waals surface area contributed by atoms with Crippen LogP contribution in [0, 0.1) is 6.92 Å². The summed E-state index contributed by atoms with van der Waals surface area (Å²) >= 11 is 0. The third-order valence-corrected chi connectivity index (χ3v) is 5.10. The van der Waals surface area contributed by atoms with E-state index in [0.717, 1.165) is 11.2 Å². The molecule has 3 heterocycles. The fourth-order valence-electron chi connectivity index (χ4n) is 2.26. The van der Waals surface area contributed by atoms with Gasteiger partial charge < -0.3 is 5.32 Å². The van der Waals surface area contributed by atoms with Crippen molar-refractivity contribution in [2.75, 3.05) is 16.8 Å². The Hall–Kier alpha value is -1.63. The number of nitrogens with zero attached hydrogens (tertiary/aromatic N) is 3. The zero-order valence-corrected chi connectivity index (χ0v) is 11.5. The average molecular weight is 280 g/mol. The van der Waals surface area contributed by atoms with Gasteiger partial charge in [0.2, 0.25) is 5.95 Å². The van der Waals surface area contributed by atoms with Gasteiger partial charge >= 0.3 is 0 Å². The monoisotopic (exact) mass is 280 g/mol. The molecule has 0 aromatic carbocycles. The van der Waals surface area contributed by atoms with Crippen molar-refractivity contribution in [3.8, 4) is 0 Å². The molecule has 2 aromatic rings. The Morgan fingerprint density at radius 3 is 2.84 bits per heavy atom. The molecule has 1 fully saturated rings. The fourth-order valence-corrected chi connectivity index (χ4v) is 3.75. The summed E-state index contributed by atoms with van der Waals surface area (Å²) in [7, 11) is -2.82. The highest BCUT2D eigenvalue weighted by Crippen LogP contribution is 2.16. The Labute approximate surface area is 111 Å². The topological polar surface area (TPSA) is 76.4 Å². The van der Waals surface area contributed by atoms with Gasteiger partial charge in [-0.1, -0.05) is 0 Å². The van der Waals surface area contributed by atoms with E-state index >= 15 is 0 Å². The van der Waals surface area contributed by atoms with Gasteiger partial charge in [-0.05, 0) is 37.5 Å². The predicted molar refractivity (Wildman–Crippen MR) is 73.0 cm³/mol. The van der Waals surface area contributed by atoms with Gasteiger partial charge in [0, 0.05) is 12.2 Å². The van der Waals surface area contributed by atoms with Crippen molar-refractivity contribution in [2.45, 2.75) is 25.8 Å². The largest absolute Gasteiger partial charge is 0.350 e. The number of aromatic nitrogens is 3. The highest BCUT2D eigenvalue weighted by Gasteiger charge is 2.24. The summed E-state index contributed by atoms with van der Waals surface area (Å²) in [6, 6.07) is 4.07. The maximum absolute atomic E-state index is 11.4. The van der Waals surface area contributed by atoms with E-state index in [2.05, 4.69) is 15.4 Å². The van der Waals surface area contributed by atoms with E-state index < -0.39 is 9.84 Å². The molecule has 3 rings (SSSR count). The van der Waals surface area contributed by atoms with Crippen LogP contribution in [0.3, 0.4) is 0 Å². The van der Waals surface area contributed by atoms with Crippen LogP contribution in [0.4, 0.5) is 5.95 Å². The van der Waals surface area contributed by atoms with Gasteiger partial charge in [0.25, 0.3) is 0 Å². The zero-order valence-electron chi connectivity index (χ0n) is 10.7. The van der Waals surface area contributed by atoms with Crippen molar-refractivity contribution in [3.05, 3.63) is 23.9 Å². The number of rotatable bonds is 2. The lowest BCUT2D eigenvalue weighted by Crippen LogP contribution is -2.32. The Morgan fingerprint density at radius 1 is 1.37 bits per heavy atom. The lowest BCUT2D eigenvalue weighted by molar-refractivity contribution is 0.558. The molecule has 1 aliphatic heterocycles. The summed E-state index contributed by atoms with van der Waals surface area (Å²) in [6.07, 6.45) is 3.11. The van der Waals surface area contributed by atoms with Gasteiger partial charge in [-0.25, -0.2) is 12.9 Å². The minimum absolute atomic E-state index is 0.141. The molecule has 7 heteroatoms. The van der Waals surface area contributed by atoms with Crippen molar-refractivity contribution >= 4 is 21.4 Å². The van der Waals surface area contributed by atoms with E-state index in [0.29, 0.717) is 18.8 Å². The molecule has 1 N–H and O–H groups in total. The average Bonchev–Trinajstić information content (AvgIpc) is 2.73. The Morgan fingerprint density at radius 2 is 2.11 bits per heavy atom. The van der Waals surface area contributed by atoms with Crippen LogP contribution in [0.15, 0.2) is 18.3 Å². The van der Waals surface area contributed by atoms with Crippen LogP contribution in [0.5, 0.6) is 0 Å². The Balaban J connectivity index is 1.75. The van der Waals surface area contributed by atoms with Gasteiger partial charge in [0.1, 0.15) is 9.84 Å². The van der Waals surface area contributed by atoms with E-state index in [9.17, 15) is 8.42 Å². The lowest BCUT2D eigenvalue weighted by Gasteiger charge is -2.22. The summed E-state index contributed by atoms with van der Waals surface area (Å²) in [5, 5.41) is 7.55. The summed E-state index contributed by atoms with van der Waals surface area (Å²) in [5.74, 6) is 1.06. The Kier molecular flexibility index (Phi) is 2.93. The van der Waals surface area contributed by atoms with Gasteiger partial charge in [0.05, 0.1) is 11.5 Å². The van der Waals surface area contributed by atoms with Crippen molar-refractivity contribution < 1.29 is 8.42 Å². The molecule has 0 saturated carbocycles. The highest BCUT2D eigenvalue weighted by atomic mass is 32.2. The van der Waals surface area contributed by atoms with Crippen LogP contribution >= 0.6 is 0 Å². The molecule has 0 amide bonds. The normalized spacial score (nSPS) is 19.6. The van der Waals surface area contributed by atoms with Crippen molar-refractivity contribution in [3.63, 3.8) is 0 Å². The first-order valence-electron chi connectivity index (χ1n) is 6.32. The first-order chi connectivity index (χ1) is 9.02. The van der Waals surface area contributed by atoms with E-state index in [1.165, 1.54) is 0 Å². The molecule has 0 atom stereocenters. The van der Waals surface area contributed by atoms with Crippen molar-refractivity contribution in [1.29, 1.82) is 0 Å². The van der Waals surface area contributed by atoms with E-state index in [4.69, 9.17) is 0 Å². The van der Waals surface area contributed by atoms with Crippen LogP contribution in [0.1, 0.15) is 18.4 Å². The third kappa shape index (κ3) is 2.70. The summed E-state index contributed by atoms with van der Waals surface area (Å²) in [5.41, 5.74) is 1.93. The van der Waals surface area contributed by atoms with Crippen molar-refractivity contribution in [2.24, 2.45) is 0 Å². The number of sulfone groups is 1. The maximum atomic E-state index is 11.4. The molecular formula is C12H16N4O2S. The van der Waals surface area contributed by atoms with Crippen LogP contribution in [0.2, 0.25) is 0 Å². The quantitative estimate of drug-likeness (QED) is 0.889. The molecule has 1 saturated heterocycles. The summed E-state index contributed by atoms with van der Waals surface area (Å²) in [4.78, 5) is 4.40. The molecule has 2 aromatic heterocycles. The smallest absolute Gasteiger partial charge is 0.243 e. The Bertz CT molecular complexity index is 694. The standard InChI is InChI=1S/C12H16N4O2S/c1-9-2-5-16-11(8-9)14-12(15-16)13-10-3-6-19(17,18)7-4-10/h2,5,8,10H,3-4,6-7H2,1H3,(H,13,15). The number of nitrogens with one attached hydrogen (secondary N) is 1. The molecule has 0 bridgehead atoms. The molecule has 0 aliphatic carbocycles. The number of hydrogen-bond acceptors (Lipinski definition) is 5. The molecule has 6 nitrogen and oxygen atoms in total. The third-order valence-electron chi connectivity index (χ3n) is 3.38. The molecule has 1 aliphatic rings. The van der Waals surface area contributed by atoms with Gasteiger partial charge in [-0.3, -0.25) is 0 Å². The minimum atomic E-state index is -2.82. The molecule has 19 heavy (non-hydrogen) atoms. The zero-order chi connectivity index (χ0) is 13.5. The molecule has 102 valence electrons. The second-order valence-electron chi connectivity index (χ2n) is 5.01. The second kappa shape index (κ2) is 4.48. The molecular weight excluding hydrogens is 264 g/mol. The minimum Gasteiger partial charge on any atom is -0.350 e. The number of pyridine rings is 1. The van der Waals surface area contributed by atoms with Crippen LogP contribution in [-0.2, 0) is 9.84 Å². The van der Waals surface area contributed by atoms with Crippen LogP contribution in [-0.4, -0.2) is 40.6 Å². The summed E-state index contributed by atoms with van der Waals surface area (Å²) < 4.78 is 24.4. The van der Waals surface area contributed by atoms with E-state index in [1.807, 2.05) is 25.3 Å². The molecule has 0 radical (unpaired) electrons. The first-order valence-corrected chi connectivity index (χ1v) is 8.14. The number of hydrogen-bond donors (Lipinski definition) is 1. The van der Waals surface area contributed by atoms with Crippen LogP contribution < -0.4 is 5.32 Å². The first kappa shape index (κ1) is 12.4. The van der Waals surface area contributed by atoms with Gasteiger partial charge in [-0.15, -0.1) is 5.10 Å². The van der Waals surface area contributed by atoms with Gasteiger partial charge in [-0.2, -0.15) is 4.98 Å². The fraction of sp³-hybridized carbons (Fsp3) is 0.500. The lowest BCUT2D eigenvalue weighted by atomic mass is 10.2. The van der Waals surface area contributed by atoms with E-state index in [1.54, 1.807) is 4.52 Å². The maximum Gasteiger partial charge on any atom is 0.243 e. The highest BCUT2D eigenvalue weighted by molar-refractivity contribution is 7.91. The SMILES string of the molecule is Cc1ccn2nc(NC3CCS(=O)(=O)CC3)nc2c1. The summed E-state index contributed by atoms with van der Waals surface area (Å²) in [6.45, 7) is 2.01.